The second-order valence-electron chi connectivity index (χ2n) is 37.2. The second kappa shape index (κ2) is 33.9. The molecule has 0 atom stereocenters. The van der Waals surface area contributed by atoms with Crippen molar-refractivity contribution in [2.45, 2.75) is 0 Å². The van der Waals surface area contributed by atoms with Gasteiger partial charge in [-0.05, 0) is 170 Å². The van der Waals surface area contributed by atoms with E-state index in [1.54, 1.807) is 0 Å². The van der Waals surface area contributed by atoms with Crippen molar-refractivity contribution in [1.29, 1.82) is 0 Å². The number of hydrogen-bond donors (Lipinski definition) is 0. The van der Waals surface area contributed by atoms with Crippen LogP contribution in [0.5, 0.6) is 0 Å². The molecule has 31 rings (SSSR count). The van der Waals surface area contributed by atoms with Gasteiger partial charge in [0.05, 0.1) is 33.6 Å². The monoisotopic (exact) mass is 1890 g/mol. The third-order valence-corrected chi connectivity index (χ3v) is 32.4. The first-order valence-corrected chi connectivity index (χ1v) is 51.2. The van der Waals surface area contributed by atoms with Crippen LogP contribution in [0.3, 0.4) is 0 Å². The minimum atomic E-state index is 0.864. The van der Waals surface area contributed by atoms with Gasteiger partial charge in [-0.25, -0.2) is 15.0 Å². The summed E-state index contributed by atoms with van der Waals surface area (Å²) in [5.41, 5.74) is 31.0. The zero-order chi connectivity index (χ0) is 94.6. The predicted molar refractivity (Wildman–Crippen MR) is 613 cm³/mol. The van der Waals surface area contributed by atoms with Gasteiger partial charge in [0.2, 0.25) is 0 Å². The molecule has 6 nitrogen and oxygen atoms in total. The minimum absolute atomic E-state index is 0.864. The molecule has 0 saturated carbocycles. The molecule has 9 heteroatoms. The fraction of sp³-hybridized carbons (Fsp3) is 0. The van der Waals surface area contributed by atoms with Crippen molar-refractivity contribution < 1.29 is 13.3 Å². The summed E-state index contributed by atoms with van der Waals surface area (Å²) in [5.74, 6) is 0. The van der Waals surface area contributed by atoms with Crippen LogP contribution in [-0.4, -0.2) is 15.0 Å². The number of para-hydroxylation sites is 6. The third-order valence-electron chi connectivity index (χ3n) is 28.9. The topological polar surface area (TPSA) is 78.1 Å². The predicted octanol–water partition coefficient (Wildman–Crippen LogP) is 39.6. The molecule has 31 aromatic rings. The largest absolute Gasteiger partial charge is 0.456 e. The Balaban J connectivity index is 0.000000103. The minimum Gasteiger partial charge on any atom is -0.456 e. The van der Waals surface area contributed by atoms with E-state index in [4.69, 9.17) is 28.2 Å². The Morgan fingerprint density at radius 1 is 0.146 bits per heavy atom. The first-order chi connectivity index (χ1) is 71.4. The number of pyridine rings is 3. The second-order valence-corrected chi connectivity index (χ2v) is 40.4. The first kappa shape index (κ1) is 82.9. The van der Waals surface area contributed by atoms with Crippen molar-refractivity contribution in [2.24, 2.45) is 0 Å². The standard InChI is InChI=1S/C49H29NOS.2C43H25NOS/c1-2-12-32(13-3-1)48-40-29-43-47(39-18-5-8-22-42(39)51-43)45(46(40)38-17-4-7-21-41(38)50-48)34-15-10-14-33(28-34)30-24-26-31(27-25-30)35-19-11-20-37-36-16-6-9-23-44(36)52-49(35)37;1-2-12-26(13-3-1)43-33-25-36-42(31-17-5-8-21-35(31)45-36)39(41(33)30-16-4-7-20-34(30)44-43)28-15-10-14-27(24-28)29-19-11-23-38-40(29)32-18-6-9-22-37(32)46-38;1-2-11-26(12-3-1)43-34-25-37-42(32-17-5-8-19-36(32)45-37)40(41(34)31-16-4-7-18-35(31)44-43)29-14-10-13-27(23-29)28-21-22-39-33(24-28)30-15-6-9-20-38(30)46-39/h1-29H;2*1-25H. The fourth-order valence-electron chi connectivity index (χ4n) is 22.6. The van der Waals surface area contributed by atoms with Gasteiger partial charge >= 0.3 is 0 Å². The maximum Gasteiger partial charge on any atom is 0.136 e. The molecule has 670 valence electrons. The maximum atomic E-state index is 6.62. The third kappa shape index (κ3) is 13.7. The van der Waals surface area contributed by atoms with Crippen LogP contribution in [0.15, 0.2) is 492 Å². The lowest BCUT2D eigenvalue weighted by molar-refractivity contribution is 0.669. The number of nitrogens with zero attached hydrogens (tertiary/aromatic N) is 3. The summed E-state index contributed by atoms with van der Waals surface area (Å²) >= 11 is 5.59. The molecule has 0 spiro atoms. The molecule has 9 aromatic heterocycles. The molecule has 0 aliphatic rings. The molecule has 0 fully saturated rings. The van der Waals surface area contributed by atoms with Crippen LogP contribution in [0.2, 0.25) is 0 Å². The average Bonchev–Trinajstić information content (AvgIpc) is 1.32. The molecular formula is C135H79N3O3S3. The van der Waals surface area contributed by atoms with Crippen LogP contribution in [0.25, 0.3) is 303 Å². The molecular weight excluding hydrogens is 1810 g/mol. The molecule has 0 radical (unpaired) electrons. The van der Waals surface area contributed by atoms with Crippen molar-refractivity contribution in [3.05, 3.63) is 479 Å². The summed E-state index contributed by atoms with van der Waals surface area (Å²) in [6, 6.07) is 171. The molecule has 0 N–H and O–H groups in total. The highest BCUT2D eigenvalue weighted by molar-refractivity contribution is 7.27. The van der Waals surface area contributed by atoms with Gasteiger partial charge in [-0.3, -0.25) is 0 Å². The van der Waals surface area contributed by atoms with E-state index >= 15 is 0 Å². The number of benzene rings is 22. The van der Waals surface area contributed by atoms with Crippen molar-refractivity contribution in [3.8, 4) is 112 Å². The average molecular weight is 1890 g/mol. The summed E-state index contributed by atoms with van der Waals surface area (Å²) in [4.78, 5) is 15.8. The lowest BCUT2D eigenvalue weighted by atomic mass is 9.88. The summed E-state index contributed by atoms with van der Waals surface area (Å²) < 4.78 is 27.7. The van der Waals surface area contributed by atoms with E-state index in [1.165, 1.54) is 138 Å². The number of hydrogen-bond acceptors (Lipinski definition) is 9. The Bertz CT molecular complexity index is 10700. The molecule has 0 amide bonds. The highest BCUT2D eigenvalue weighted by Crippen LogP contribution is 2.54. The Kier molecular flexibility index (Phi) is 19.5. The van der Waals surface area contributed by atoms with Gasteiger partial charge in [-0.2, -0.15) is 0 Å². The summed E-state index contributed by atoms with van der Waals surface area (Å²) in [6.07, 6.45) is 0. The number of furan rings is 3. The van der Waals surface area contributed by atoms with E-state index in [9.17, 15) is 0 Å². The first-order valence-electron chi connectivity index (χ1n) is 48.7. The van der Waals surface area contributed by atoms with Crippen molar-refractivity contribution in [1.82, 2.24) is 15.0 Å². The maximum absolute atomic E-state index is 6.62. The zero-order valence-electron chi connectivity index (χ0n) is 77.4. The molecule has 144 heavy (non-hydrogen) atoms. The van der Waals surface area contributed by atoms with Crippen molar-refractivity contribution >= 4 is 225 Å². The molecule has 0 saturated heterocycles. The number of thiophene rings is 3. The van der Waals surface area contributed by atoms with Gasteiger partial charge in [-0.15, -0.1) is 34.0 Å². The van der Waals surface area contributed by atoms with Crippen LogP contribution in [-0.2, 0) is 0 Å². The lowest BCUT2D eigenvalue weighted by Crippen LogP contribution is -1.93. The Hall–Kier alpha value is -18.1. The van der Waals surface area contributed by atoms with E-state index < -0.39 is 0 Å². The van der Waals surface area contributed by atoms with Crippen molar-refractivity contribution in [2.75, 3.05) is 0 Å². The van der Waals surface area contributed by atoms with Gasteiger partial charge in [0.1, 0.15) is 33.5 Å². The SMILES string of the molecule is c1ccc(-c2nc3ccccc3c3c(-c4cccc(-c5ccc(-c6cccc7c6sc6ccccc67)cc5)c4)c4c(cc23)oc2ccccc24)cc1.c1ccc(-c2nc3ccccc3c3c(-c4cccc(-c5ccc6sc7ccccc7c6c5)c4)c4c(cc23)oc2ccccc24)cc1.c1ccc(-c2nc3ccccc3c3c(-c4cccc(-c5cccc6sc7ccccc7c56)c4)c4c(cc23)oc2ccccc24)cc1. The van der Waals surface area contributed by atoms with E-state index in [0.717, 1.165) is 165 Å². The van der Waals surface area contributed by atoms with Crippen LogP contribution in [0.1, 0.15) is 0 Å². The molecule has 22 aromatic carbocycles. The Morgan fingerprint density at radius 2 is 0.451 bits per heavy atom. The summed E-state index contributed by atoms with van der Waals surface area (Å²) in [7, 11) is 0. The summed E-state index contributed by atoms with van der Waals surface area (Å²) in [5, 5.41) is 24.9. The molecule has 0 aliphatic carbocycles. The van der Waals surface area contributed by atoms with Crippen molar-refractivity contribution in [3.63, 3.8) is 0 Å². The van der Waals surface area contributed by atoms with Crippen LogP contribution < -0.4 is 0 Å². The van der Waals surface area contributed by atoms with Gasteiger partial charge in [0, 0.05) is 175 Å². The molecule has 0 bridgehead atoms. The van der Waals surface area contributed by atoms with E-state index in [-0.39, 0.29) is 0 Å². The van der Waals surface area contributed by atoms with Gasteiger partial charge in [0.15, 0.2) is 0 Å². The van der Waals surface area contributed by atoms with E-state index in [2.05, 4.69) is 461 Å². The molecule has 0 aliphatic heterocycles. The van der Waals surface area contributed by atoms with Gasteiger partial charge in [-0.1, -0.05) is 370 Å². The zero-order valence-corrected chi connectivity index (χ0v) is 79.9. The quantitative estimate of drug-likeness (QED) is 0.127. The Morgan fingerprint density at radius 3 is 0.931 bits per heavy atom. The van der Waals surface area contributed by atoms with Gasteiger partial charge in [0.25, 0.3) is 0 Å². The number of rotatable bonds is 10. The van der Waals surface area contributed by atoms with E-state index in [1.807, 2.05) is 52.2 Å². The number of aromatic nitrogens is 3. The van der Waals surface area contributed by atoms with Crippen LogP contribution in [0, 0.1) is 0 Å². The molecule has 0 unspecified atom stereocenters. The highest BCUT2D eigenvalue weighted by atomic mass is 32.1. The highest BCUT2D eigenvalue weighted by Gasteiger charge is 2.28. The van der Waals surface area contributed by atoms with Crippen LogP contribution >= 0.6 is 34.0 Å². The normalized spacial score (nSPS) is 11.9. The number of fused-ring (bicyclic) bond motifs is 27. The molecule has 9 heterocycles. The lowest BCUT2D eigenvalue weighted by Gasteiger charge is -2.16. The smallest absolute Gasteiger partial charge is 0.136 e. The van der Waals surface area contributed by atoms with Gasteiger partial charge < -0.3 is 13.3 Å². The summed E-state index contributed by atoms with van der Waals surface area (Å²) in [6.45, 7) is 0. The van der Waals surface area contributed by atoms with E-state index in [0.29, 0.717) is 0 Å². The fourth-order valence-corrected chi connectivity index (χ4v) is 26.0. The Labute approximate surface area is 837 Å². The van der Waals surface area contributed by atoms with Crippen LogP contribution in [0.4, 0.5) is 0 Å².